The van der Waals surface area contributed by atoms with Gasteiger partial charge in [0, 0.05) is 23.4 Å². The minimum Gasteiger partial charge on any atom is -0.455 e. The van der Waals surface area contributed by atoms with Crippen molar-refractivity contribution in [3.63, 3.8) is 0 Å². The molecule has 0 fully saturated rings. The lowest BCUT2D eigenvalue weighted by atomic mass is 9.81. The number of benzene rings is 3. The molecule has 0 heterocycles. The van der Waals surface area contributed by atoms with Gasteiger partial charge in [-0.2, -0.15) is 0 Å². The Labute approximate surface area is 158 Å². The summed E-state index contributed by atoms with van der Waals surface area (Å²) in [5.74, 6) is -0.736. The topological polar surface area (TPSA) is 139 Å². The summed E-state index contributed by atoms with van der Waals surface area (Å²) in [7, 11) is 0. The summed E-state index contributed by atoms with van der Waals surface area (Å²) in [6.07, 6.45) is 0. The van der Waals surface area contributed by atoms with Gasteiger partial charge >= 0.3 is 0 Å². The molecule has 1 aliphatic rings. The smallest absolute Gasteiger partial charge is 0.281 e. The molecular weight excluding hydrogens is 362 g/mol. The van der Waals surface area contributed by atoms with Gasteiger partial charge in [0.15, 0.2) is 11.5 Å². The number of hydrogen-bond acceptors (Lipinski definition) is 7. The molecule has 0 radical (unpaired) electrons. The van der Waals surface area contributed by atoms with Gasteiger partial charge in [0.25, 0.3) is 5.69 Å². The summed E-state index contributed by atoms with van der Waals surface area (Å²) < 4.78 is 5.71. The predicted octanol–water partition coefficient (Wildman–Crippen LogP) is 3.33. The fourth-order valence-corrected chi connectivity index (χ4v) is 3.25. The maximum absolute atomic E-state index is 13.0. The van der Waals surface area contributed by atoms with Crippen molar-refractivity contribution in [2.45, 2.75) is 0 Å². The molecular formula is C20H13N3O5. The maximum atomic E-state index is 13.0. The minimum atomic E-state index is -0.715. The largest absolute Gasteiger partial charge is 0.455 e. The van der Waals surface area contributed by atoms with Gasteiger partial charge in [0.2, 0.25) is 5.78 Å². The highest BCUT2D eigenvalue weighted by molar-refractivity contribution is 6.33. The third kappa shape index (κ3) is 2.47. The first-order chi connectivity index (χ1) is 13.4. The van der Waals surface area contributed by atoms with Crippen molar-refractivity contribution in [2.75, 3.05) is 11.5 Å². The first kappa shape index (κ1) is 17.2. The van der Waals surface area contributed by atoms with Crippen LogP contribution in [0.5, 0.6) is 11.5 Å². The van der Waals surface area contributed by atoms with E-state index >= 15 is 0 Å². The second-order valence-corrected chi connectivity index (χ2v) is 6.16. The summed E-state index contributed by atoms with van der Waals surface area (Å²) in [5.41, 5.74) is 11.0. The Morgan fingerprint density at radius 1 is 0.857 bits per heavy atom. The third-order valence-electron chi connectivity index (χ3n) is 4.50. The second kappa shape index (κ2) is 6.20. The number of para-hydroxylation sites is 1. The van der Waals surface area contributed by atoms with Crippen LogP contribution >= 0.6 is 0 Å². The van der Waals surface area contributed by atoms with Crippen molar-refractivity contribution < 1.29 is 19.2 Å². The van der Waals surface area contributed by atoms with E-state index in [1.807, 2.05) is 6.07 Å². The van der Waals surface area contributed by atoms with Crippen LogP contribution in [-0.4, -0.2) is 16.5 Å². The zero-order chi connectivity index (χ0) is 20.0. The van der Waals surface area contributed by atoms with Gasteiger partial charge in [-0.25, -0.2) is 0 Å². The lowest BCUT2D eigenvalue weighted by molar-refractivity contribution is -0.385. The van der Waals surface area contributed by atoms with E-state index < -0.39 is 22.2 Å². The van der Waals surface area contributed by atoms with E-state index in [0.717, 1.165) is 0 Å². The molecule has 1 aliphatic carbocycles. The van der Waals surface area contributed by atoms with Crippen LogP contribution < -0.4 is 16.2 Å². The molecule has 28 heavy (non-hydrogen) atoms. The number of nitro groups is 1. The molecule has 0 bridgehead atoms. The SMILES string of the molecule is Nc1cc(Oc2ccccc2)c(N)c2c1C(=O)c1c(cccc1[N+](=O)[O-])C2=O. The van der Waals surface area contributed by atoms with Crippen LogP contribution in [0, 0.1) is 10.1 Å². The summed E-state index contributed by atoms with van der Waals surface area (Å²) in [4.78, 5) is 36.6. The van der Waals surface area contributed by atoms with Crippen molar-refractivity contribution in [3.05, 3.63) is 87.0 Å². The van der Waals surface area contributed by atoms with Crippen LogP contribution in [0.1, 0.15) is 31.8 Å². The molecule has 0 aromatic heterocycles. The summed E-state index contributed by atoms with van der Waals surface area (Å²) in [5, 5.41) is 11.3. The molecule has 138 valence electrons. The molecule has 0 aliphatic heterocycles. The van der Waals surface area contributed by atoms with Crippen molar-refractivity contribution in [1.82, 2.24) is 0 Å². The number of carbonyl (C=O) groups is 2. The number of fused-ring (bicyclic) bond motifs is 2. The van der Waals surface area contributed by atoms with E-state index in [0.29, 0.717) is 5.75 Å². The quantitative estimate of drug-likeness (QED) is 0.318. The maximum Gasteiger partial charge on any atom is 0.281 e. The lowest BCUT2D eigenvalue weighted by Crippen LogP contribution is -2.25. The summed E-state index contributed by atoms with van der Waals surface area (Å²) in [6, 6.07) is 13.9. The van der Waals surface area contributed by atoms with Crippen LogP contribution in [0.4, 0.5) is 17.1 Å². The standard InChI is InChI=1S/C20H13N3O5/c21-12-9-14(28-10-5-2-1-3-6-10)18(22)17-16(12)20(25)15-11(19(17)24)7-4-8-13(15)23(26)27/h1-9H,21-22H2. The van der Waals surface area contributed by atoms with Gasteiger partial charge in [-0.3, -0.25) is 19.7 Å². The van der Waals surface area contributed by atoms with Gasteiger partial charge in [0.1, 0.15) is 11.3 Å². The Morgan fingerprint density at radius 2 is 1.57 bits per heavy atom. The number of nitrogens with two attached hydrogens (primary N) is 2. The molecule has 0 atom stereocenters. The third-order valence-corrected chi connectivity index (χ3v) is 4.50. The second-order valence-electron chi connectivity index (χ2n) is 6.16. The van der Waals surface area contributed by atoms with Crippen LogP contribution in [0.25, 0.3) is 0 Å². The molecule has 8 nitrogen and oxygen atoms in total. The molecule has 3 aromatic rings. The average Bonchev–Trinajstić information content (AvgIpc) is 2.68. The highest BCUT2D eigenvalue weighted by atomic mass is 16.6. The van der Waals surface area contributed by atoms with E-state index in [2.05, 4.69) is 0 Å². The van der Waals surface area contributed by atoms with Crippen LogP contribution in [0.15, 0.2) is 54.6 Å². The Bertz CT molecular complexity index is 1170. The molecule has 3 aromatic carbocycles. The number of anilines is 2. The summed E-state index contributed by atoms with van der Waals surface area (Å²) >= 11 is 0. The van der Waals surface area contributed by atoms with E-state index in [1.54, 1.807) is 24.3 Å². The number of ketones is 2. The highest BCUT2D eigenvalue weighted by Crippen LogP contribution is 2.42. The van der Waals surface area contributed by atoms with Crippen molar-refractivity contribution in [2.24, 2.45) is 0 Å². The molecule has 0 saturated carbocycles. The number of hydrogen-bond donors (Lipinski definition) is 2. The van der Waals surface area contributed by atoms with E-state index in [1.165, 1.54) is 24.3 Å². The molecule has 0 saturated heterocycles. The van der Waals surface area contributed by atoms with E-state index in [-0.39, 0.29) is 39.4 Å². The number of rotatable bonds is 3. The number of nitrogens with zero attached hydrogens (tertiary/aromatic N) is 1. The first-order valence-electron chi connectivity index (χ1n) is 8.21. The summed E-state index contributed by atoms with van der Waals surface area (Å²) in [6.45, 7) is 0. The first-order valence-corrected chi connectivity index (χ1v) is 8.21. The number of nitro benzene ring substituents is 1. The minimum absolute atomic E-state index is 0.0442. The van der Waals surface area contributed by atoms with E-state index in [4.69, 9.17) is 16.2 Å². The van der Waals surface area contributed by atoms with Crippen molar-refractivity contribution in [3.8, 4) is 11.5 Å². The van der Waals surface area contributed by atoms with Crippen molar-refractivity contribution in [1.29, 1.82) is 0 Å². The Balaban J connectivity index is 1.92. The molecule has 4 rings (SSSR count). The number of carbonyl (C=O) groups excluding carboxylic acids is 2. The monoisotopic (exact) mass is 375 g/mol. The lowest BCUT2D eigenvalue weighted by Gasteiger charge is -2.22. The van der Waals surface area contributed by atoms with Crippen molar-refractivity contribution >= 4 is 28.6 Å². The van der Waals surface area contributed by atoms with Gasteiger partial charge < -0.3 is 16.2 Å². The zero-order valence-electron chi connectivity index (χ0n) is 14.3. The zero-order valence-corrected chi connectivity index (χ0v) is 14.3. The molecule has 4 N–H and O–H groups in total. The van der Waals surface area contributed by atoms with Gasteiger partial charge in [-0.15, -0.1) is 0 Å². The van der Waals surface area contributed by atoms with Crippen LogP contribution in [-0.2, 0) is 0 Å². The van der Waals surface area contributed by atoms with Gasteiger partial charge in [-0.05, 0) is 18.2 Å². The van der Waals surface area contributed by atoms with Gasteiger partial charge in [-0.1, -0.05) is 24.3 Å². The Morgan fingerprint density at radius 3 is 2.25 bits per heavy atom. The predicted molar refractivity (Wildman–Crippen MR) is 102 cm³/mol. The molecule has 8 heteroatoms. The fourth-order valence-electron chi connectivity index (χ4n) is 3.25. The Hall–Kier alpha value is -4.20. The average molecular weight is 375 g/mol. The van der Waals surface area contributed by atoms with Crippen LogP contribution in [0.3, 0.4) is 0 Å². The van der Waals surface area contributed by atoms with Crippen LogP contribution in [0.2, 0.25) is 0 Å². The molecule has 0 spiro atoms. The fraction of sp³-hybridized carbons (Fsp3) is 0. The van der Waals surface area contributed by atoms with Gasteiger partial charge in [0.05, 0.1) is 21.7 Å². The number of ether oxygens (including phenoxy) is 1. The van der Waals surface area contributed by atoms with E-state index in [9.17, 15) is 19.7 Å². The molecule has 0 unspecified atom stereocenters. The number of nitrogen functional groups attached to an aromatic ring is 2. The Kier molecular flexibility index (Phi) is 3.82. The normalized spacial score (nSPS) is 12.3. The molecule has 0 amide bonds. The highest BCUT2D eigenvalue weighted by Gasteiger charge is 2.39.